The van der Waals surface area contributed by atoms with E-state index in [0.29, 0.717) is 19.4 Å². The average Bonchev–Trinajstić information content (AvgIpc) is 3.32. The average molecular weight is 384 g/mol. The number of piperazine rings is 1. The molecule has 0 unspecified atom stereocenters. The predicted octanol–water partition coefficient (Wildman–Crippen LogP) is 2.64. The summed E-state index contributed by atoms with van der Waals surface area (Å²) in [6.45, 7) is 0.450. The van der Waals surface area contributed by atoms with Gasteiger partial charge < -0.3 is 20.2 Å². The molecule has 0 spiro atoms. The molecular formula is C23H20N4O2. The Morgan fingerprint density at radius 3 is 2.59 bits per heavy atom. The first-order valence-corrected chi connectivity index (χ1v) is 9.93. The van der Waals surface area contributed by atoms with E-state index in [4.69, 9.17) is 0 Å². The number of hydrogen-bond acceptors (Lipinski definition) is 2. The summed E-state index contributed by atoms with van der Waals surface area (Å²) in [4.78, 5) is 34.6. The van der Waals surface area contributed by atoms with Crippen LogP contribution in [0.25, 0.3) is 21.8 Å². The first-order chi connectivity index (χ1) is 14.2. The zero-order valence-electron chi connectivity index (χ0n) is 15.7. The van der Waals surface area contributed by atoms with E-state index in [9.17, 15) is 9.59 Å². The predicted molar refractivity (Wildman–Crippen MR) is 110 cm³/mol. The van der Waals surface area contributed by atoms with E-state index in [0.717, 1.165) is 38.6 Å². The molecule has 2 amide bonds. The molecule has 4 aromatic rings. The largest absolute Gasteiger partial charge is 0.361 e. The minimum atomic E-state index is -0.538. The van der Waals surface area contributed by atoms with Crippen molar-refractivity contribution in [3.8, 4) is 0 Å². The molecule has 6 rings (SSSR count). The van der Waals surface area contributed by atoms with Gasteiger partial charge in [0.2, 0.25) is 11.8 Å². The Hall–Kier alpha value is -3.54. The Labute approximate surface area is 166 Å². The third-order valence-electron chi connectivity index (χ3n) is 6.30. The van der Waals surface area contributed by atoms with Crippen molar-refractivity contribution < 1.29 is 9.59 Å². The molecule has 0 radical (unpaired) electrons. The summed E-state index contributed by atoms with van der Waals surface area (Å²) >= 11 is 0. The summed E-state index contributed by atoms with van der Waals surface area (Å²) in [6, 6.07) is 15.1. The molecule has 6 nitrogen and oxygen atoms in total. The monoisotopic (exact) mass is 384 g/mol. The Balaban J connectivity index is 1.33. The van der Waals surface area contributed by atoms with Crippen molar-refractivity contribution in [3.63, 3.8) is 0 Å². The van der Waals surface area contributed by atoms with Gasteiger partial charge in [0.05, 0.1) is 6.54 Å². The van der Waals surface area contributed by atoms with E-state index < -0.39 is 12.1 Å². The molecule has 2 aromatic heterocycles. The molecule has 0 bridgehead atoms. The lowest BCUT2D eigenvalue weighted by Gasteiger charge is -2.41. The quantitative estimate of drug-likeness (QED) is 0.497. The number of nitrogens with one attached hydrogen (secondary N) is 3. The van der Waals surface area contributed by atoms with Gasteiger partial charge >= 0.3 is 0 Å². The zero-order valence-corrected chi connectivity index (χ0v) is 15.7. The molecule has 1 saturated heterocycles. The third-order valence-corrected chi connectivity index (χ3v) is 6.30. The lowest BCUT2D eigenvalue weighted by molar-refractivity contribution is -0.150. The van der Waals surface area contributed by atoms with E-state index in [2.05, 4.69) is 21.4 Å². The van der Waals surface area contributed by atoms with E-state index >= 15 is 0 Å². The number of hydrogen-bond donors (Lipinski definition) is 3. The van der Waals surface area contributed by atoms with E-state index in [-0.39, 0.29) is 11.8 Å². The number of carbonyl (C=O) groups is 2. The Morgan fingerprint density at radius 2 is 1.72 bits per heavy atom. The number of rotatable bonds is 2. The van der Waals surface area contributed by atoms with Crippen LogP contribution in [0.3, 0.4) is 0 Å². The van der Waals surface area contributed by atoms with Crippen molar-refractivity contribution >= 4 is 33.6 Å². The molecule has 2 aromatic carbocycles. The van der Waals surface area contributed by atoms with Gasteiger partial charge in [0.25, 0.3) is 0 Å². The van der Waals surface area contributed by atoms with Crippen molar-refractivity contribution in [2.75, 3.05) is 0 Å². The molecule has 2 aliphatic heterocycles. The van der Waals surface area contributed by atoms with Gasteiger partial charge in [0.15, 0.2) is 0 Å². The van der Waals surface area contributed by atoms with Crippen LogP contribution in [0.4, 0.5) is 0 Å². The number of nitrogens with zero attached hydrogens (tertiary/aromatic N) is 1. The van der Waals surface area contributed by atoms with Gasteiger partial charge in [-0.3, -0.25) is 9.59 Å². The highest BCUT2D eigenvalue weighted by molar-refractivity contribution is 5.99. The number of amides is 2. The maximum absolute atomic E-state index is 13.3. The fourth-order valence-electron chi connectivity index (χ4n) is 4.86. The molecule has 3 N–H and O–H groups in total. The zero-order chi connectivity index (χ0) is 19.5. The maximum Gasteiger partial charge on any atom is 0.246 e. The molecule has 144 valence electrons. The molecule has 6 heteroatoms. The molecule has 0 saturated carbocycles. The molecule has 1 fully saturated rings. The summed E-state index contributed by atoms with van der Waals surface area (Å²) in [6.07, 6.45) is 2.97. The standard InChI is InChI=1S/C23H20N4O2/c28-22-21-10-16-15-6-2-4-8-18(15)25-20(16)12-27(21)23(29)19(26-22)9-13-11-24-17-7-3-1-5-14(13)17/h1-8,11,19,21,24-25H,9-10,12H2,(H,26,28)/t19-,21-/m0/s1. The molecule has 2 aliphatic rings. The number of aromatic nitrogens is 2. The lowest BCUT2D eigenvalue weighted by Crippen LogP contribution is -2.65. The van der Waals surface area contributed by atoms with Gasteiger partial charge in [-0.15, -0.1) is 0 Å². The van der Waals surface area contributed by atoms with Crippen LogP contribution in [0.2, 0.25) is 0 Å². The Bertz CT molecular complexity index is 1280. The summed E-state index contributed by atoms with van der Waals surface area (Å²) in [5.41, 5.74) is 5.33. The van der Waals surface area contributed by atoms with Crippen LogP contribution in [0, 0.1) is 0 Å². The second kappa shape index (κ2) is 5.98. The number of carbonyl (C=O) groups excluding carboxylic acids is 2. The van der Waals surface area contributed by atoms with Gasteiger partial charge in [-0.2, -0.15) is 0 Å². The topological polar surface area (TPSA) is 81.0 Å². The molecule has 0 aliphatic carbocycles. The SMILES string of the molecule is O=C1N[C@@H](Cc2c[nH]c3ccccc23)C(=O)N2Cc3[nH]c4ccccc4c3C[C@@H]12. The lowest BCUT2D eigenvalue weighted by atomic mass is 9.91. The van der Waals surface area contributed by atoms with Gasteiger partial charge in [-0.25, -0.2) is 0 Å². The van der Waals surface area contributed by atoms with Gasteiger partial charge in [-0.05, 0) is 23.3 Å². The fraction of sp³-hybridized carbons (Fsp3) is 0.217. The highest BCUT2D eigenvalue weighted by atomic mass is 16.2. The molecular weight excluding hydrogens is 364 g/mol. The number of H-pyrrole nitrogens is 2. The van der Waals surface area contributed by atoms with Crippen molar-refractivity contribution in [2.45, 2.75) is 31.5 Å². The van der Waals surface area contributed by atoms with Crippen LogP contribution >= 0.6 is 0 Å². The van der Waals surface area contributed by atoms with Crippen LogP contribution in [-0.4, -0.2) is 38.8 Å². The van der Waals surface area contributed by atoms with Crippen LogP contribution < -0.4 is 5.32 Å². The van der Waals surface area contributed by atoms with Gasteiger partial charge in [-0.1, -0.05) is 36.4 Å². The van der Waals surface area contributed by atoms with Crippen molar-refractivity contribution in [2.24, 2.45) is 0 Å². The smallest absolute Gasteiger partial charge is 0.246 e. The van der Waals surface area contributed by atoms with Crippen LogP contribution in [0.1, 0.15) is 16.8 Å². The number of para-hydroxylation sites is 2. The van der Waals surface area contributed by atoms with E-state index in [1.54, 1.807) is 4.90 Å². The normalized spacial score (nSPS) is 21.3. The van der Waals surface area contributed by atoms with Crippen LogP contribution in [0.15, 0.2) is 54.7 Å². The number of aromatic amines is 2. The third kappa shape index (κ3) is 2.42. The molecule has 4 heterocycles. The number of benzene rings is 2. The minimum Gasteiger partial charge on any atom is -0.361 e. The van der Waals surface area contributed by atoms with E-state index in [1.807, 2.05) is 48.7 Å². The fourth-order valence-corrected chi connectivity index (χ4v) is 4.86. The highest BCUT2D eigenvalue weighted by Gasteiger charge is 2.43. The molecule has 29 heavy (non-hydrogen) atoms. The summed E-state index contributed by atoms with van der Waals surface area (Å²) < 4.78 is 0. The number of fused-ring (bicyclic) bond motifs is 5. The summed E-state index contributed by atoms with van der Waals surface area (Å²) in [5, 5.41) is 5.22. The van der Waals surface area contributed by atoms with Crippen LogP contribution in [0.5, 0.6) is 0 Å². The minimum absolute atomic E-state index is 0.0100. The summed E-state index contributed by atoms with van der Waals surface area (Å²) in [5.74, 6) is -0.0745. The Morgan fingerprint density at radius 1 is 0.966 bits per heavy atom. The summed E-state index contributed by atoms with van der Waals surface area (Å²) in [7, 11) is 0. The first-order valence-electron chi connectivity index (χ1n) is 9.93. The van der Waals surface area contributed by atoms with Crippen molar-refractivity contribution in [3.05, 3.63) is 71.5 Å². The highest BCUT2D eigenvalue weighted by Crippen LogP contribution is 2.32. The molecule has 2 atom stereocenters. The van der Waals surface area contributed by atoms with Gasteiger partial charge in [0, 0.05) is 46.5 Å². The van der Waals surface area contributed by atoms with Gasteiger partial charge in [0.1, 0.15) is 12.1 Å². The first kappa shape index (κ1) is 16.4. The van der Waals surface area contributed by atoms with E-state index in [1.165, 1.54) is 0 Å². The van der Waals surface area contributed by atoms with Crippen LogP contribution in [-0.2, 0) is 29.0 Å². The Kier molecular flexibility index (Phi) is 3.38. The second-order valence-corrected chi connectivity index (χ2v) is 7.94. The second-order valence-electron chi connectivity index (χ2n) is 7.94. The van der Waals surface area contributed by atoms with Crippen molar-refractivity contribution in [1.82, 2.24) is 20.2 Å². The van der Waals surface area contributed by atoms with Crippen molar-refractivity contribution in [1.29, 1.82) is 0 Å². The maximum atomic E-state index is 13.3.